The van der Waals surface area contributed by atoms with Gasteiger partial charge >= 0.3 is 0 Å². The van der Waals surface area contributed by atoms with E-state index >= 15 is 0 Å². The van der Waals surface area contributed by atoms with Crippen molar-refractivity contribution in [1.82, 2.24) is 0 Å². The molecule has 0 aliphatic rings. The highest BCUT2D eigenvalue weighted by molar-refractivity contribution is 6.30. The van der Waals surface area contributed by atoms with Gasteiger partial charge in [0, 0.05) is 16.7 Å². The summed E-state index contributed by atoms with van der Waals surface area (Å²) in [6, 6.07) is 4.31. The third kappa shape index (κ3) is 1.87. The number of nitrogens with zero attached hydrogens (tertiary/aromatic N) is 1. The maximum atomic E-state index is 10.4. The second-order valence-electron chi connectivity index (χ2n) is 2.16. The first-order valence-electron chi connectivity index (χ1n) is 3.14. The molecule has 0 N–H and O–H groups in total. The smallest absolute Gasteiger partial charge is 0.258 e. The zero-order chi connectivity index (χ0) is 9.14. The molecule has 0 bridgehead atoms. The molecule has 0 unspecified atom stereocenters. The van der Waals surface area contributed by atoms with Crippen LogP contribution in [0.2, 0.25) is 5.02 Å². The first kappa shape index (κ1) is 9.29. The largest absolute Gasteiger partial charge is 0.273 e. The molecule has 0 radical (unpaired) electrons. The van der Waals surface area contributed by atoms with Crippen molar-refractivity contribution in [1.29, 1.82) is 0 Å². The van der Waals surface area contributed by atoms with Gasteiger partial charge in [-0.3, -0.25) is 10.1 Å². The van der Waals surface area contributed by atoms with E-state index in [9.17, 15) is 10.1 Å². The summed E-state index contributed by atoms with van der Waals surface area (Å²) in [7, 11) is 0. The molecule has 0 aliphatic carbocycles. The van der Waals surface area contributed by atoms with Crippen molar-refractivity contribution < 1.29 is 4.92 Å². The van der Waals surface area contributed by atoms with Crippen molar-refractivity contribution in [2.45, 2.75) is 5.88 Å². The number of benzene rings is 1. The highest BCUT2D eigenvalue weighted by atomic mass is 35.5. The van der Waals surface area contributed by atoms with E-state index < -0.39 is 4.92 Å². The van der Waals surface area contributed by atoms with Crippen molar-refractivity contribution in [3.05, 3.63) is 38.9 Å². The fourth-order valence-corrected chi connectivity index (χ4v) is 1.25. The Morgan fingerprint density at radius 1 is 1.50 bits per heavy atom. The molecule has 0 aliphatic heterocycles. The highest BCUT2D eigenvalue weighted by Crippen LogP contribution is 2.23. The number of hydrogen-bond donors (Lipinski definition) is 0. The minimum Gasteiger partial charge on any atom is -0.258 e. The molecule has 3 nitrogen and oxygen atoms in total. The number of rotatable bonds is 2. The third-order valence-electron chi connectivity index (χ3n) is 1.38. The number of halogens is 2. The van der Waals surface area contributed by atoms with Gasteiger partial charge in [0.05, 0.1) is 10.8 Å². The lowest BCUT2D eigenvalue weighted by Crippen LogP contribution is -1.92. The summed E-state index contributed by atoms with van der Waals surface area (Å²) in [4.78, 5) is 9.92. The number of nitro benzene ring substituents is 1. The predicted octanol–water partition coefficient (Wildman–Crippen LogP) is 2.99. The van der Waals surface area contributed by atoms with Crippen LogP contribution < -0.4 is 0 Å². The Hall–Kier alpha value is -0.800. The van der Waals surface area contributed by atoms with E-state index in [0.717, 1.165) is 0 Å². The molecule has 1 aromatic rings. The lowest BCUT2D eigenvalue weighted by molar-refractivity contribution is -0.385. The van der Waals surface area contributed by atoms with E-state index in [1.165, 1.54) is 18.2 Å². The summed E-state index contributed by atoms with van der Waals surface area (Å²) in [6.45, 7) is 0. The molecule has 0 aromatic heterocycles. The van der Waals surface area contributed by atoms with Crippen LogP contribution in [0.4, 0.5) is 5.69 Å². The van der Waals surface area contributed by atoms with Crippen molar-refractivity contribution in [2.75, 3.05) is 0 Å². The Morgan fingerprint density at radius 3 is 2.67 bits per heavy atom. The van der Waals surface area contributed by atoms with Crippen molar-refractivity contribution in [2.24, 2.45) is 0 Å². The third-order valence-corrected chi connectivity index (χ3v) is 1.91. The Kier molecular flexibility index (Phi) is 2.89. The van der Waals surface area contributed by atoms with Gasteiger partial charge in [0.15, 0.2) is 0 Å². The fourth-order valence-electron chi connectivity index (χ4n) is 0.839. The van der Waals surface area contributed by atoms with Gasteiger partial charge in [0.2, 0.25) is 0 Å². The van der Waals surface area contributed by atoms with Crippen molar-refractivity contribution >= 4 is 28.9 Å². The lowest BCUT2D eigenvalue weighted by Gasteiger charge is -1.97. The van der Waals surface area contributed by atoms with E-state index in [-0.39, 0.29) is 11.6 Å². The van der Waals surface area contributed by atoms with Crippen LogP contribution in [0.3, 0.4) is 0 Å². The molecule has 0 atom stereocenters. The van der Waals surface area contributed by atoms with Crippen LogP contribution in [-0.4, -0.2) is 4.92 Å². The minimum absolute atomic E-state index is 0.00870. The molecule has 0 heterocycles. The maximum Gasteiger partial charge on any atom is 0.273 e. The van der Waals surface area contributed by atoms with Gasteiger partial charge < -0.3 is 0 Å². The molecule has 5 heteroatoms. The zero-order valence-corrected chi connectivity index (χ0v) is 7.47. The molecule has 12 heavy (non-hydrogen) atoms. The summed E-state index contributed by atoms with van der Waals surface area (Å²) in [5.41, 5.74) is 0.448. The Balaban J connectivity index is 3.20. The first-order chi connectivity index (χ1) is 5.65. The predicted molar refractivity (Wildman–Crippen MR) is 47.7 cm³/mol. The second-order valence-corrected chi connectivity index (χ2v) is 2.87. The topological polar surface area (TPSA) is 43.1 Å². The summed E-state index contributed by atoms with van der Waals surface area (Å²) < 4.78 is 0. The van der Waals surface area contributed by atoms with Gasteiger partial charge in [-0.15, -0.1) is 11.6 Å². The van der Waals surface area contributed by atoms with E-state index in [1.54, 1.807) is 0 Å². The minimum atomic E-state index is -0.478. The molecule has 0 saturated carbocycles. The van der Waals surface area contributed by atoms with Crippen LogP contribution in [0.5, 0.6) is 0 Å². The van der Waals surface area contributed by atoms with E-state index in [1.807, 2.05) is 0 Å². The fraction of sp³-hybridized carbons (Fsp3) is 0.143. The van der Waals surface area contributed by atoms with Gasteiger partial charge in [-0.1, -0.05) is 11.6 Å². The van der Waals surface area contributed by atoms with Crippen molar-refractivity contribution in [3.8, 4) is 0 Å². The zero-order valence-electron chi connectivity index (χ0n) is 5.96. The van der Waals surface area contributed by atoms with Gasteiger partial charge in [0.1, 0.15) is 0 Å². The second kappa shape index (κ2) is 3.74. The van der Waals surface area contributed by atoms with Crippen molar-refractivity contribution in [3.63, 3.8) is 0 Å². The van der Waals surface area contributed by atoms with Crippen LogP contribution in [0.25, 0.3) is 0 Å². The molecular weight excluding hydrogens is 201 g/mol. The van der Waals surface area contributed by atoms with Crippen LogP contribution in [-0.2, 0) is 5.88 Å². The van der Waals surface area contributed by atoms with Crippen LogP contribution >= 0.6 is 23.2 Å². The molecule has 0 fully saturated rings. The Morgan fingerprint density at radius 2 is 2.17 bits per heavy atom. The molecule has 1 rings (SSSR count). The first-order valence-corrected chi connectivity index (χ1v) is 4.05. The quantitative estimate of drug-likeness (QED) is 0.424. The average molecular weight is 206 g/mol. The molecule has 0 saturated heterocycles. The number of nitro groups is 1. The van der Waals surface area contributed by atoms with Gasteiger partial charge in [-0.05, 0) is 12.1 Å². The summed E-state index contributed by atoms with van der Waals surface area (Å²) in [5, 5.41) is 10.9. The summed E-state index contributed by atoms with van der Waals surface area (Å²) in [5.74, 6) is 0.0941. The SMILES string of the molecule is O=[N+]([O-])c1ccc(Cl)cc1CCl. The van der Waals surface area contributed by atoms with Crippen LogP contribution in [0.15, 0.2) is 18.2 Å². The molecule has 0 spiro atoms. The van der Waals surface area contributed by atoms with Gasteiger partial charge in [0.25, 0.3) is 5.69 Å². The molecule has 0 amide bonds. The average Bonchev–Trinajstić information content (AvgIpc) is 2.03. The standard InChI is InChI=1S/C7H5Cl2NO2/c8-4-5-3-6(9)1-2-7(5)10(11)12/h1-3H,4H2. The van der Waals surface area contributed by atoms with Gasteiger partial charge in [-0.2, -0.15) is 0 Å². The van der Waals surface area contributed by atoms with Gasteiger partial charge in [-0.25, -0.2) is 0 Å². The monoisotopic (exact) mass is 205 g/mol. The van der Waals surface area contributed by atoms with E-state index in [2.05, 4.69) is 0 Å². The highest BCUT2D eigenvalue weighted by Gasteiger charge is 2.11. The lowest BCUT2D eigenvalue weighted by atomic mass is 10.2. The number of hydrogen-bond acceptors (Lipinski definition) is 2. The Bertz CT molecular complexity index is 314. The van der Waals surface area contributed by atoms with E-state index in [4.69, 9.17) is 23.2 Å². The molecule has 64 valence electrons. The summed E-state index contributed by atoms with van der Waals surface area (Å²) >= 11 is 11.1. The summed E-state index contributed by atoms with van der Waals surface area (Å²) in [6.07, 6.45) is 0. The Labute approximate surface area is 79.1 Å². The normalized spacial score (nSPS) is 9.83. The maximum absolute atomic E-state index is 10.4. The number of alkyl halides is 1. The van der Waals surface area contributed by atoms with Crippen LogP contribution in [0.1, 0.15) is 5.56 Å². The molecular formula is C7H5Cl2NO2. The van der Waals surface area contributed by atoms with E-state index in [0.29, 0.717) is 10.6 Å². The molecule has 1 aromatic carbocycles. The van der Waals surface area contributed by atoms with Crippen LogP contribution in [0, 0.1) is 10.1 Å².